The van der Waals surface area contributed by atoms with Crippen molar-refractivity contribution in [3.05, 3.63) is 35.9 Å². The predicted molar refractivity (Wildman–Crippen MR) is 83.3 cm³/mol. The first kappa shape index (κ1) is 16.7. The van der Waals surface area contributed by atoms with E-state index in [0.717, 1.165) is 5.56 Å². The molecule has 20 heavy (non-hydrogen) atoms. The Morgan fingerprint density at radius 3 is 2.20 bits per heavy atom. The molecule has 1 amide bonds. The molecule has 4 heteroatoms. The van der Waals surface area contributed by atoms with Crippen molar-refractivity contribution < 1.29 is 4.79 Å². The second-order valence-corrected chi connectivity index (χ2v) is 6.34. The van der Waals surface area contributed by atoms with Crippen molar-refractivity contribution in [3.8, 4) is 0 Å². The third kappa shape index (κ3) is 4.32. The van der Waals surface area contributed by atoms with E-state index in [2.05, 4.69) is 13.8 Å². The molecule has 1 aromatic carbocycles. The molecule has 0 fully saturated rings. The maximum Gasteiger partial charge on any atom is 0.244 e. The number of amides is 1. The molecule has 1 atom stereocenters. The molecule has 0 aliphatic rings. The van der Waals surface area contributed by atoms with Crippen LogP contribution in [0.2, 0.25) is 0 Å². The van der Waals surface area contributed by atoms with Gasteiger partial charge in [-0.25, -0.2) is 0 Å². The Morgan fingerprint density at radius 1 is 1.20 bits per heavy atom. The number of nitrogens with two attached hydrogens (primary N) is 1. The van der Waals surface area contributed by atoms with E-state index in [1.807, 2.05) is 56.4 Å². The smallest absolute Gasteiger partial charge is 0.244 e. The number of benzene rings is 1. The van der Waals surface area contributed by atoms with E-state index < -0.39 is 0 Å². The van der Waals surface area contributed by atoms with Gasteiger partial charge in [0.2, 0.25) is 5.91 Å². The first-order chi connectivity index (χ1) is 9.28. The molecular formula is C16H27N3O. The monoisotopic (exact) mass is 277 g/mol. The molecule has 0 bridgehead atoms. The maximum atomic E-state index is 12.7. The molecule has 1 aromatic rings. The molecule has 2 N–H and O–H groups in total. The standard InChI is InChI=1S/C16H27N3O/c1-16(2,11-17)12-19(5)15(20)14(18(3)4)13-9-7-6-8-10-13/h6-10,14H,11-12,17H2,1-5H3. The number of carbonyl (C=O) groups excluding carboxylic acids is 1. The van der Waals surface area contributed by atoms with Gasteiger partial charge in [-0.3, -0.25) is 9.69 Å². The largest absolute Gasteiger partial charge is 0.344 e. The van der Waals surface area contributed by atoms with Crippen LogP contribution in [0.1, 0.15) is 25.5 Å². The molecule has 0 aliphatic heterocycles. The van der Waals surface area contributed by atoms with Crippen LogP contribution in [0.3, 0.4) is 0 Å². The Labute approximate surface area is 122 Å². The topological polar surface area (TPSA) is 49.6 Å². The van der Waals surface area contributed by atoms with Gasteiger partial charge in [0, 0.05) is 13.6 Å². The van der Waals surface area contributed by atoms with Crippen molar-refractivity contribution in [2.24, 2.45) is 11.1 Å². The second kappa shape index (κ2) is 6.86. The van der Waals surface area contributed by atoms with Gasteiger partial charge in [0.25, 0.3) is 0 Å². The summed E-state index contributed by atoms with van der Waals surface area (Å²) in [6.07, 6.45) is 0. The lowest BCUT2D eigenvalue weighted by Crippen LogP contribution is -2.44. The summed E-state index contributed by atoms with van der Waals surface area (Å²) in [5.74, 6) is 0.0997. The van der Waals surface area contributed by atoms with Crippen molar-refractivity contribution in [2.75, 3.05) is 34.2 Å². The van der Waals surface area contributed by atoms with E-state index >= 15 is 0 Å². The molecule has 1 rings (SSSR count). The van der Waals surface area contributed by atoms with Gasteiger partial charge in [0.15, 0.2) is 0 Å². The summed E-state index contributed by atoms with van der Waals surface area (Å²) in [6.45, 7) is 5.36. The molecule has 112 valence electrons. The lowest BCUT2D eigenvalue weighted by molar-refractivity contribution is -0.136. The summed E-state index contributed by atoms with van der Waals surface area (Å²) >= 11 is 0. The predicted octanol–water partition coefficient (Wildman–Crippen LogP) is 1.73. The van der Waals surface area contributed by atoms with E-state index in [4.69, 9.17) is 5.73 Å². The summed E-state index contributed by atoms with van der Waals surface area (Å²) in [7, 11) is 5.70. The number of carbonyl (C=O) groups is 1. The van der Waals surface area contributed by atoms with Crippen LogP contribution in [0.5, 0.6) is 0 Å². The van der Waals surface area contributed by atoms with Crippen molar-refractivity contribution in [1.82, 2.24) is 9.80 Å². The molecule has 0 saturated heterocycles. The van der Waals surface area contributed by atoms with E-state index in [0.29, 0.717) is 13.1 Å². The van der Waals surface area contributed by atoms with Gasteiger partial charge in [-0.05, 0) is 31.6 Å². The van der Waals surface area contributed by atoms with Crippen molar-refractivity contribution in [2.45, 2.75) is 19.9 Å². The van der Waals surface area contributed by atoms with Crippen molar-refractivity contribution in [1.29, 1.82) is 0 Å². The van der Waals surface area contributed by atoms with Crippen LogP contribution in [0.4, 0.5) is 0 Å². The molecule has 0 radical (unpaired) electrons. The van der Waals surface area contributed by atoms with E-state index in [1.165, 1.54) is 0 Å². The highest BCUT2D eigenvalue weighted by Crippen LogP contribution is 2.22. The number of nitrogens with zero attached hydrogens (tertiary/aromatic N) is 2. The van der Waals surface area contributed by atoms with Crippen molar-refractivity contribution in [3.63, 3.8) is 0 Å². The molecule has 0 aliphatic carbocycles. The third-order valence-corrected chi connectivity index (χ3v) is 3.46. The normalized spacial score (nSPS) is 13.3. The highest BCUT2D eigenvalue weighted by Gasteiger charge is 2.28. The molecule has 0 heterocycles. The lowest BCUT2D eigenvalue weighted by Gasteiger charge is -2.33. The summed E-state index contributed by atoms with van der Waals surface area (Å²) in [4.78, 5) is 16.5. The van der Waals surface area contributed by atoms with Gasteiger partial charge in [-0.15, -0.1) is 0 Å². The van der Waals surface area contributed by atoms with Gasteiger partial charge in [0.1, 0.15) is 6.04 Å². The zero-order valence-electron chi connectivity index (χ0n) is 13.3. The van der Waals surface area contributed by atoms with Crippen LogP contribution in [0.25, 0.3) is 0 Å². The molecule has 0 aromatic heterocycles. The van der Waals surface area contributed by atoms with Crippen LogP contribution in [0, 0.1) is 5.41 Å². The first-order valence-electron chi connectivity index (χ1n) is 6.95. The molecule has 4 nitrogen and oxygen atoms in total. The van der Waals surface area contributed by atoms with Crippen molar-refractivity contribution >= 4 is 5.91 Å². The zero-order valence-corrected chi connectivity index (χ0v) is 13.3. The highest BCUT2D eigenvalue weighted by atomic mass is 16.2. The SMILES string of the molecule is CN(CC(C)(C)CN)C(=O)C(c1ccccc1)N(C)C. The Hall–Kier alpha value is -1.39. The highest BCUT2D eigenvalue weighted by molar-refractivity contribution is 5.83. The van der Waals surface area contributed by atoms with Gasteiger partial charge in [0.05, 0.1) is 0 Å². The second-order valence-electron chi connectivity index (χ2n) is 6.34. The van der Waals surface area contributed by atoms with Crippen LogP contribution in [-0.4, -0.2) is 49.9 Å². The first-order valence-corrected chi connectivity index (χ1v) is 6.95. The number of hydrogen-bond acceptors (Lipinski definition) is 3. The van der Waals surface area contributed by atoms with Crippen LogP contribution >= 0.6 is 0 Å². The Balaban J connectivity index is 2.91. The van der Waals surface area contributed by atoms with Gasteiger partial charge in [-0.2, -0.15) is 0 Å². The Kier molecular flexibility index (Phi) is 5.72. The van der Waals surface area contributed by atoms with Gasteiger partial charge < -0.3 is 10.6 Å². The lowest BCUT2D eigenvalue weighted by atomic mass is 9.92. The van der Waals surface area contributed by atoms with E-state index in [9.17, 15) is 4.79 Å². The van der Waals surface area contributed by atoms with E-state index in [-0.39, 0.29) is 17.4 Å². The Bertz CT molecular complexity index is 429. The molecule has 0 saturated carbocycles. The van der Waals surface area contributed by atoms with Crippen LogP contribution < -0.4 is 5.73 Å². The summed E-state index contributed by atoms with van der Waals surface area (Å²) in [5, 5.41) is 0. The zero-order chi connectivity index (χ0) is 15.3. The third-order valence-electron chi connectivity index (χ3n) is 3.46. The molecule has 1 unspecified atom stereocenters. The van der Waals surface area contributed by atoms with Gasteiger partial charge >= 0.3 is 0 Å². The molecular weight excluding hydrogens is 250 g/mol. The average molecular weight is 277 g/mol. The number of likely N-dealkylation sites (N-methyl/N-ethyl adjacent to an activating group) is 2. The van der Waals surface area contributed by atoms with E-state index in [1.54, 1.807) is 4.90 Å². The Morgan fingerprint density at radius 2 is 1.75 bits per heavy atom. The number of hydrogen-bond donors (Lipinski definition) is 1. The summed E-state index contributed by atoms with van der Waals surface area (Å²) in [6, 6.07) is 9.61. The summed E-state index contributed by atoms with van der Waals surface area (Å²) < 4.78 is 0. The van der Waals surface area contributed by atoms with Crippen LogP contribution in [-0.2, 0) is 4.79 Å². The minimum atomic E-state index is -0.255. The number of rotatable bonds is 6. The summed E-state index contributed by atoms with van der Waals surface area (Å²) in [5.41, 5.74) is 6.70. The fraction of sp³-hybridized carbons (Fsp3) is 0.562. The molecule has 0 spiro atoms. The minimum Gasteiger partial charge on any atom is -0.344 e. The fourth-order valence-corrected chi connectivity index (χ4v) is 2.29. The minimum absolute atomic E-state index is 0.0715. The fourth-order valence-electron chi connectivity index (χ4n) is 2.29. The quantitative estimate of drug-likeness (QED) is 0.861. The van der Waals surface area contributed by atoms with Crippen LogP contribution in [0.15, 0.2) is 30.3 Å². The van der Waals surface area contributed by atoms with Gasteiger partial charge in [-0.1, -0.05) is 44.2 Å². The average Bonchev–Trinajstić information content (AvgIpc) is 2.39. The maximum absolute atomic E-state index is 12.7.